The van der Waals surface area contributed by atoms with Crippen molar-refractivity contribution in [1.82, 2.24) is 4.90 Å². The third-order valence-corrected chi connectivity index (χ3v) is 16.2. The molecule has 0 aromatic carbocycles. The number of ether oxygens (including phenoxy) is 4. The van der Waals surface area contributed by atoms with Crippen LogP contribution in [-0.4, -0.2) is 78.4 Å². The molecule has 2 spiro atoms. The highest BCUT2D eigenvalue weighted by molar-refractivity contribution is 5.78. The van der Waals surface area contributed by atoms with Crippen molar-refractivity contribution in [2.45, 2.75) is 157 Å². The number of carbonyl (C=O) groups is 2. The number of esters is 1. The molecule has 3 unspecified atom stereocenters. The quantitative estimate of drug-likeness (QED) is 0.318. The Hall–Kier alpha value is -1.22. The fraction of sp³-hybridized carbons (Fsp3) is 0.950. The minimum absolute atomic E-state index is 0.00222. The third kappa shape index (κ3) is 4.72. The van der Waals surface area contributed by atoms with Gasteiger partial charge in [0.25, 0.3) is 0 Å². The van der Waals surface area contributed by atoms with Gasteiger partial charge in [-0.05, 0) is 103 Å². The van der Waals surface area contributed by atoms with E-state index < -0.39 is 6.10 Å². The molecular weight excluding hydrogens is 606 g/mol. The molecule has 14 atom stereocenters. The number of rotatable bonds is 6. The van der Waals surface area contributed by atoms with E-state index in [9.17, 15) is 14.7 Å². The number of carbonyl (C=O) groups excluding carboxylic acids is 2. The van der Waals surface area contributed by atoms with Crippen molar-refractivity contribution in [2.75, 3.05) is 19.7 Å². The van der Waals surface area contributed by atoms with Crippen LogP contribution in [0.25, 0.3) is 0 Å². The largest absolute Gasteiger partial charge is 0.460 e. The highest BCUT2D eigenvalue weighted by Crippen LogP contribution is 2.89. The van der Waals surface area contributed by atoms with Gasteiger partial charge in [-0.3, -0.25) is 9.59 Å². The van der Waals surface area contributed by atoms with Crippen LogP contribution in [0.3, 0.4) is 0 Å². The molecule has 0 aromatic rings. The fourth-order valence-electron chi connectivity index (χ4n) is 14.0. The maximum absolute atomic E-state index is 12.8. The Kier molecular flexibility index (Phi) is 8.54. The Bertz CT molecular complexity index is 1280. The number of hydrogen-bond donors (Lipinski definition) is 1. The van der Waals surface area contributed by atoms with Gasteiger partial charge < -0.3 is 29.0 Å². The Labute approximate surface area is 289 Å². The Balaban J connectivity index is 1.11. The molecule has 2 saturated heterocycles. The first-order chi connectivity index (χ1) is 22.4. The lowest BCUT2D eigenvalue weighted by Gasteiger charge is -2.64. The molecular formula is C40H65NO7. The Morgan fingerprint density at radius 2 is 1.65 bits per heavy atom. The molecule has 8 heteroatoms. The number of fused-ring (bicyclic) bond motifs is 4. The zero-order valence-corrected chi connectivity index (χ0v) is 31.6. The summed E-state index contributed by atoms with van der Waals surface area (Å²) in [5, 5.41) is 12.6. The van der Waals surface area contributed by atoms with Crippen LogP contribution in [0.2, 0.25) is 0 Å². The molecule has 0 bridgehead atoms. The van der Waals surface area contributed by atoms with E-state index in [1.165, 1.54) is 26.2 Å². The van der Waals surface area contributed by atoms with Gasteiger partial charge in [0.2, 0.25) is 5.91 Å². The third-order valence-electron chi connectivity index (χ3n) is 16.2. The van der Waals surface area contributed by atoms with Crippen LogP contribution in [0.1, 0.15) is 121 Å². The summed E-state index contributed by atoms with van der Waals surface area (Å²) < 4.78 is 25.7. The van der Waals surface area contributed by atoms with Gasteiger partial charge >= 0.3 is 5.97 Å². The topological polar surface area (TPSA) is 94.5 Å². The van der Waals surface area contributed by atoms with Crippen molar-refractivity contribution >= 4 is 11.9 Å². The second-order valence-corrected chi connectivity index (χ2v) is 19.2. The number of amides is 1. The van der Waals surface area contributed by atoms with Crippen LogP contribution in [0.4, 0.5) is 0 Å². The van der Waals surface area contributed by atoms with Crippen molar-refractivity contribution in [3.63, 3.8) is 0 Å². The lowest BCUT2D eigenvalue weighted by molar-refractivity contribution is -0.248. The highest BCUT2D eigenvalue weighted by Gasteiger charge is 2.84. The van der Waals surface area contributed by atoms with Crippen molar-refractivity contribution in [3.05, 3.63) is 0 Å². The summed E-state index contributed by atoms with van der Waals surface area (Å²) >= 11 is 0. The lowest BCUT2D eigenvalue weighted by atomic mass is 9.41. The molecule has 5 aliphatic carbocycles. The molecule has 7 rings (SSSR count). The molecule has 272 valence electrons. The normalized spacial score (nSPS) is 49.7. The maximum atomic E-state index is 12.8. The van der Waals surface area contributed by atoms with Gasteiger partial charge in [0.05, 0.1) is 37.6 Å². The maximum Gasteiger partial charge on any atom is 0.303 e. The van der Waals surface area contributed by atoms with E-state index >= 15 is 0 Å². The monoisotopic (exact) mass is 671 g/mol. The van der Waals surface area contributed by atoms with Gasteiger partial charge in [0.1, 0.15) is 6.10 Å². The van der Waals surface area contributed by atoms with Crippen LogP contribution < -0.4 is 0 Å². The second-order valence-electron chi connectivity index (χ2n) is 19.2. The highest BCUT2D eigenvalue weighted by atomic mass is 16.7. The number of hydrogen-bond acceptors (Lipinski definition) is 7. The number of nitrogens with zero attached hydrogens (tertiary/aromatic N) is 1. The van der Waals surface area contributed by atoms with E-state index in [4.69, 9.17) is 18.9 Å². The van der Waals surface area contributed by atoms with Crippen molar-refractivity contribution in [3.8, 4) is 0 Å². The lowest BCUT2D eigenvalue weighted by Crippen LogP contribution is -2.60. The molecule has 1 amide bonds. The van der Waals surface area contributed by atoms with E-state index in [1.807, 2.05) is 18.7 Å². The standard InChI is InChI=1S/C40H65NO7/c1-22(2)32(46-25(6)42)26-19-24(5)31-33(47-26)34(43)38(10)28-12-11-27-36(7,8)29(48-30-20-41(17-18-45-30)35(44)23(3)4)13-14-39(27)21-40(28,39)16-15-37(31,38)9/h22-24,26-34,43H,11-21H2,1-10H3/t24-,26?,27+,28?,29+,30+,31+,32-,33?,34+,37-,38-,39-,40+/m1/s1. The van der Waals surface area contributed by atoms with Gasteiger partial charge in [-0.1, -0.05) is 62.3 Å². The minimum atomic E-state index is -0.535. The molecule has 48 heavy (non-hydrogen) atoms. The molecule has 1 N–H and O–H groups in total. The van der Waals surface area contributed by atoms with Gasteiger partial charge in [-0.25, -0.2) is 0 Å². The number of morpholine rings is 1. The number of aliphatic hydroxyl groups excluding tert-OH is 1. The van der Waals surface area contributed by atoms with Crippen LogP contribution >= 0.6 is 0 Å². The van der Waals surface area contributed by atoms with E-state index in [0.29, 0.717) is 48.8 Å². The summed E-state index contributed by atoms with van der Waals surface area (Å²) in [6.07, 6.45) is 7.50. The fourth-order valence-corrected chi connectivity index (χ4v) is 14.0. The first-order valence-electron chi connectivity index (χ1n) is 19.5. The molecule has 8 nitrogen and oxygen atoms in total. The SMILES string of the molecule is CC(=O)O[C@H](C(C)C)C1C[C@@H](C)[C@H]2C(O1)[C@H](O)[C@@]1(C)C3CC[C@H]4C(C)(C)[C@@H](O[C@H]5CN(C(=O)C(C)C)CCO5)CC[C@@]45C[C@@]35CC[C@]21C. The predicted octanol–water partition coefficient (Wildman–Crippen LogP) is 6.61. The van der Waals surface area contributed by atoms with Crippen molar-refractivity contribution in [1.29, 1.82) is 0 Å². The van der Waals surface area contributed by atoms with Gasteiger partial charge in [-0.2, -0.15) is 0 Å². The molecule has 7 fully saturated rings. The summed E-state index contributed by atoms with van der Waals surface area (Å²) in [5.41, 5.74) is 0.335. The predicted molar refractivity (Wildman–Crippen MR) is 183 cm³/mol. The van der Waals surface area contributed by atoms with Gasteiger partial charge in [0, 0.05) is 24.8 Å². The zero-order valence-electron chi connectivity index (χ0n) is 31.6. The molecule has 0 aromatic heterocycles. The van der Waals surface area contributed by atoms with E-state index in [-0.39, 0.29) is 76.1 Å². The van der Waals surface area contributed by atoms with Gasteiger partial charge in [0.15, 0.2) is 6.29 Å². The van der Waals surface area contributed by atoms with Gasteiger partial charge in [-0.15, -0.1) is 0 Å². The summed E-state index contributed by atoms with van der Waals surface area (Å²) in [6.45, 7) is 23.5. The summed E-state index contributed by atoms with van der Waals surface area (Å²) in [7, 11) is 0. The average molecular weight is 672 g/mol. The van der Waals surface area contributed by atoms with Crippen LogP contribution in [0.15, 0.2) is 0 Å². The van der Waals surface area contributed by atoms with Crippen LogP contribution in [0, 0.1) is 62.6 Å². The minimum Gasteiger partial charge on any atom is -0.460 e. The summed E-state index contributed by atoms with van der Waals surface area (Å²) in [5.74, 6) is 1.75. The van der Waals surface area contributed by atoms with Crippen molar-refractivity contribution < 1.29 is 33.6 Å². The van der Waals surface area contributed by atoms with Crippen LogP contribution in [-0.2, 0) is 28.5 Å². The number of aliphatic hydroxyl groups is 1. The molecule has 5 saturated carbocycles. The first kappa shape index (κ1) is 35.2. The van der Waals surface area contributed by atoms with E-state index in [1.54, 1.807) is 0 Å². The Morgan fingerprint density at radius 1 is 0.958 bits per heavy atom. The Morgan fingerprint density at radius 3 is 2.31 bits per heavy atom. The molecule has 2 heterocycles. The second kappa shape index (κ2) is 11.6. The first-order valence-corrected chi connectivity index (χ1v) is 19.5. The summed E-state index contributed by atoms with van der Waals surface area (Å²) in [6, 6.07) is 0. The van der Waals surface area contributed by atoms with Crippen LogP contribution in [0.5, 0.6) is 0 Å². The molecule has 0 radical (unpaired) electrons. The molecule has 2 aliphatic heterocycles. The van der Waals surface area contributed by atoms with Crippen molar-refractivity contribution in [2.24, 2.45) is 62.6 Å². The molecule has 7 aliphatic rings. The zero-order chi connectivity index (χ0) is 34.8. The van der Waals surface area contributed by atoms with E-state index in [0.717, 1.165) is 32.1 Å². The average Bonchev–Trinajstić information content (AvgIpc) is 3.65. The smallest absolute Gasteiger partial charge is 0.303 e. The summed E-state index contributed by atoms with van der Waals surface area (Å²) in [4.78, 5) is 26.8. The van der Waals surface area contributed by atoms with E-state index in [2.05, 4.69) is 48.5 Å².